The second-order valence-corrected chi connectivity index (χ2v) is 11.0. The molecule has 0 saturated heterocycles. The molecule has 0 aliphatic heterocycles. The van der Waals surface area contributed by atoms with Gasteiger partial charge in [-0.25, -0.2) is 0 Å². The molecule has 1 spiro atoms. The first-order valence-electron chi connectivity index (χ1n) is 13.1. The summed E-state index contributed by atoms with van der Waals surface area (Å²) in [5, 5.41) is 0. The van der Waals surface area contributed by atoms with Gasteiger partial charge in [0, 0.05) is 10.0 Å². The summed E-state index contributed by atoms with van der Waals surface area (Å²) in [6.07, 6.45) is 0. The van der Waals surface area contributed by atoms with Gasteiger partial charge in [0.25, 0.3) is 0 Å². The van der Waals surface area contributed by atoms with Crippen LogP contribution in [0, 0.1) is 0 Å². The molecule has 1 atom stereocenters. The van der Waals surface area contributed by atoms with E-state index in [2.05, 4.69) is 155 Å². The van der Waals surface area contributed by atoms with Gasteiger partial charge in [0.15, 0.2) is 0 Å². The molecular weight excluding hydrogens is 524 g/mol. The summed E-state index contributed by atoms with van der Waals surface area (Å²) in [4.78, 5) is 0. The topological polar surface area (TPSA) is 0 Å². The maximum atomic E-state index is 3.91. The van der Waals surface area contributed by atoms with Crippen molar-refractivity contribution in [2.75, 3.05) is 0 Å². The fraction of sp³-hybridized carbons (Fsp3) is 0.0270. The van der Waals surface area contributed by atoms with Gasteiger partial charge in [0.1, 0.15) is 0 Å². The predicted octanol–water partition coefficient (Wildman–Crippen LogP) is 10.1. The molecule has 0 heterocycles. The molecule has 0 nitrogen and oxygen atoms in total. The average Bonchev–Trinajstić information content (AvgIpc) is 3.46. The molecule has 6 aromatic rings. The minimum absolute atomic E-state index is 0.339. The fourth-order valence-electron chi connectivity index (χ4n) is 6.93. The molecular formula is C37H23Br. The molecule has 0 radical (unpaired) electrons. The van der Waals surface area contributed by atoms with Crippen LogP contribution in [0.1, 0.15) is 22.3 Å². The lowest BCUT2D eigenvalue weighted by molar-refractivity contribution is 0.793. The minimum Gasteiger partial charge on any atom is -0.0622 e. The van der Waals surface area contributed by atoms with Crippen molar-refractivity contribution in [3.8, 4) is 44.5 Å². The van der Waals surface area contributed by atoms with E-state index < -0.39 is 0 Å². The fourth-order valence-corrected chi connectivity index (χ4v) is 7.51. The van der Waals surface area contributed by atoms with Crippen molar-refractivity contribution in [2.45, 2.75) is 5.41 Å². The lowest BCUT2D eigenvalue weighted by Gasteiger charge is -2.30. The monoisotopic (exact) mass is 546 g/mol. The Balaban J connectivity index is 1.46. The first kappa shape index (κ1) is 21.8. The third kappa shape index (κ3) is 2.80. The zero-order chi connectivity index (χ0) is 25.3. The van der Waals surface area contributed by atoms with Crippen LogP contribution in [0.2, 0.25) is 0 Å². The number of benzene rings is 6. The summed E-state index contributed by atoms with van der Waals surface area (Å²) in [6, 6.07) is 51.2. The standard InChI is InChI=1S/C37H23Br/c38-34-22-10-21-33-36(34)29-16-5-7-19-31(29)37(33)30-18-6-4-15-28(30)35-27(17-9-20-32(35)37)26-14-8-13-25(23-26)24-11-2-1-3-12-24/h1-23H. The van der Waals surface area contributed by atoms with Gasteiger partial charge in [-0.2, -0.15) is 0 Å². The van der Waals surface area contributed by atoms with Gasteiger partial charge >= 0.3 is 0 Å². The molecule has 178 valence electrons. The number of fused-ring (bicyclic) bond motifs is 10. The smallest absolute Gasteiger partial charge is 0.0622 e. The highest BCUT2D eigenvalue weighted by atomic mass is 79.9. The molecule has 1 unspecified atom stereocenters. The molecule has 0 amide bonds. The van der Waals surface area contributed by atoms with E-state index in [0.717, 1.165) is 4.47 Å². The van der Waals surface area contributed by atoms with E-state index in [-0.39, 0.29) is 5.41 Å². The van der Waals surface area contributed by atoms with Crippen molar-refractivity contribution in [1.82, 2.24) is 0 Å². The van der Waals surface area contributed by atoms with Crippen LogP contribution in [-0.4, -0.2) is 0 Å². The minimum atomic E-state index is -0.339. The second kappa shape index (κ2) is 8.15. The van der Waals surface area contributed by atoms with Crippen LogP contribution in [0.4, 0.5) is 0 Å². The Morgan fingerprint density at radius 3 is 1.63 bits per heavy atom. The Kier molecular flexibility index (Phi) is 4.68. The number of halogens is 1. The normalized spacial score (nSPS) is 16.1. The second-order valence-electron chi connectivity index (χ2n) is 10.2. The first-order chi connectivity index (χ1) is 18.8. The number of rotatable bonds is 2. The Bertz CT molecular complexity index is 1880. The third-order valence-electron chi connectivity index (χ3n) is 8.37. The van der Waals surface area contributed by atoms with Crippen molar-refractivity contribution >= 4 is 15.9 Å². The molecule has 0 saturated carbocycles. The zero-order valence-electron chi connectivity index (χ0n) is 20.7. The summed E-state index contributed by atoms with van der Waals surface area (Å²) >= 11 is 3.91. The molecule has 2 aliphatic rings. The van der Waals surface area contributed by atoms with E-state index in [4.69, 9.17) is 0 Å². The van der Waals surface area contributed by atoms with Crippen molar-refractivity contribution in [3.05, 3.63) is 166 Å². The third-order valence-corrected chi connectivity index (χ3v) is 9.03. The highest BCUT2D eigenvalue weighted by Crippen LogP contribution is 2.64. The summed E-state index contributed by atoms with van der Waals surface area (Å²) in [6.45, 7) is 0. The zero-order valence-corrected chi connectivity index (χ0v) is 22.2. The van der Waals surface area contributed by atoms with Crippen molar-refractivity contribution in [1.29, 1.82) is 0 Å². The number of hydrogen-bond acceptors (Lipinski definition) is 0. The van der Waals surface area contributed by atoms with Crippen molar-refractivity contribution in [2.24, 2.45) is 0 Å². The molecule has 0 fully saturated rings. The molecule has 0 N–H and O–H groups in total. The lowest BCUT2D eigenvalue weighted by atomic mass is 9.70. The Morgan fingerprint density at radius 2 is 0.868 bits per heavy atom. The van der Waals surface area contributed by atoms with Crippen LogP contribution in [-0.2, 0) is 5.41 Å². The Labute approximate surface area is 231 Å². The molecule has 38 heavy (non-hydrogen) atoms. The van der Waals surface area contributed by atoms with E-state index in [9.17, 15) is 0 Å². The van der Waals surface area contributed by atoms with Crippen LogP contribution in [0.3, 0.4) is 0 Å². The highest BCUT2D eigenvalue weighted by molar-refractivity contribution is 9.10. The predicted molar refractivity (Wildman–Crippen MR) is 161 cm³/mol. The largest absolute Gasteiger partial charge is 0.0726 e. The summed E-state index contributed by atoms with van der Waals surface area (Å²) in [5.74, 6) is 0. The Morgan fingerprint density at radius 1 is 0.368 bits per heavy atom. The summed E-state index contributed by atoms with van der Waals surface area (Å²) in [7, 11) is 0. The van der Waals surface area contributed by atoms with E-state index in [1.807, 2.05) is 0 Å². The number of hydrogen-bond donors (Lipinski definition) is 0. The summed E-state index contributed by atoms with van der Waals surface area (Å²) in [5.41, 5.74) is 15.4. The van der Waals surface area contributed by atoms with Crippen LogP contribution in [0.5, 0.6) is 0 Å². The van der Waals surface area contributed by atoms with E-state index >= 15 is 0 Å². The van der Waals surface area contributed by atoms with Gasteiger partial charge in [-0.15, -0.1) is 0 Å². The van der Waals surface area contributed by atoms with Crippen molar-refractivity contribution in [3.63, 3.8) is 0 Å². The molecule has 2 aliphatic carbocycles. The van der Waals surface area contributed by atoms with Crippen LogP contribution in [0.15, 0.2) is 144 Å². The van der Waals surface area contributed by atoms with Crippen LogP contribution >= 0.6 is 15.9 Å². The van der Waals surface area contributed by atoms with E-state index in [1.165, 1.54) is 66.8 Å². The maximum absolute atomic E-state index is 3.91. The molecule has 0 bridgehead atoms. The summed E-state index contributed by atoms with van der Waals surface area (Å²) < 4.78 is 1.15. The quantitative estimate of drug-likeness (QED) is 0.202. The maximum Gasteiger partial charge on any atom is 0.0726 e. The molecule has 1 heteroatoms. The van der Waals surface area contributed by atoms with E-state index in [0.29, 0.717) is 0 Å². The van der Waals surface area contributed by atoms with E-state index in [1.54, 1.807) is 0 Å². The lowest BCUT2D eigenvalue weighted by Crippen LogP contribution is -2.25. The molecule has 8 rings (SSSR count). The highest BCUT2D eigenvalue weighted by Gasteiger charge is 2.52. The van der Waals surface area contributed by atoms with Gasteiger partial charge in [0.05, 0.1) is 5.41 Å². The van der Waals surface area contributed by atoms with Gasteiger partial charge in [-0.1, -0.05) is 143 Å². The van der Waals surface area contributed by atoms with Gasteiger partial charge in [-0.05, 0) is 73.3 Å². The molecule has 0 aromatic heterocycles. The van der Waals surface area contributed by atoms with Gasteiger partial charge in [0.2, 0.25) is 0 Å². The van der Waals surface area contributed by atoms with Gasteiger partial charge in [-0.3, -0.25) is 0 Å². The van der Waals surface area contributed by atoms with Crippen LogP contribution in [0.25, 0.3) is 44.5 Å². The SMILES string of the molecule is Brc1cccc2c1-c1ccccc1C21c2ccccc2-c2c(-c3cccc(-c4ccccc4)c3)cccc21. The van der Waals surface area contributed by atoms with Gasteiger partial charge < -0.3 is 0 Å². The first-order valence-corrected chi connectivity index (χ1v) is 13.9. The average molecular weight is 547 g/mol. The Hall–Kier alpha value is -4.20. The van der Waals surface area contributed by atoms with Crippen LogP contribution < -0.4 is 0 Å². The van der Waals surface area contributed by atoms with Crippen molar-refractivity contribution < 1.29 is 0 Å². The molecule has 6 aromatic carbocycles.